The van der Waals surface area contributed by atoms with Gasteiger partial charge in [0.1, 0.15) is 5.60 Å². The molecule has 0 aromatic carbocycles. The Morgan fingerprint density at radius 3 is 2.00 bits per heavy atom. The van der Waals surface area contributed by atoms with E-state index in [1.807, 2.05) is 0 Å². The molecular formula is C11H16F3NO4. The summed E-state index contributed by atoms with van der Waals surface area (Å²) in [6, 6.07) is 0. The molecule has 0 saturated heterocycles. The molecule has 0 fully saturated rings. The minimum Gasteiger partial charge on any atom is -0.460 e. The summed E-state index contributed by atoms with van der Waals surface area (Å²) in [5.41, 5.74) is -0.690. The summed E-state index contributed by atoms with van der Waals surface area (Å²) in [4.78, 5) is 32.8. The molecule has 0 bridgehead atoms. The molecule has 5 nitrogen and oxygen atoms in total. The fraction of sp³-hybridized carbons (Fsp3) is 0.727. The van der Waals surface area contributed by atoms with Gasteiger partial charge in [0.25, 0.3) is 0 Å². The number of ether oxygens (including phenoxy) is 1. The Kier molecular flexibility index (Phi) is 5.98. The maximum absolute atomic E-state index is 11.8. The average molecular weight is 283 g/mol. The van der Waals surface area contributed by atoms with Crippen LogP contribution < -0.4 is 5.32 Å². The van der Waals surface area contributed by atoms with Crippen molar-refractivity contribution in [3.8, 4) is 0 Å². The zero-order chi connectivity index (χ0) is 15.3. The van der Waals surface area contributed by atoms with Crippen LogP contribution in [0.4, 0.5) is 13.2 Å². The Balaban J connectivity index is 3.95. The van der Waals surface area contributed by atoms with Gasteiger partial charge in [0.15, 0.2) is 5.78 Å². The van der Waals surface area contributed by atoms with Gasteiger partial charge in [0, 0.05) is 6.42 Å². The molecule has 0 aliphatic rings. The van der Waals surface area contributed by atoms with Gasteiger partial charge in [-0.05, 0) is 20.8 Å². The predicted octanol–water partition coefficient (Wildman–Crippen LogP) is 1.36. The number of nitrogens with one attached hydrogen (secondary N) is 1. The highest BCUT2D eigenvalue weighted by Crippen LogP contribution is 2.14. The van der Waals surface area contributed by atoms with Crippen molar-refractivity contribution >= 4 is 17.7 Å². The van der Waals surface area contributed by atoms with Crippen LogP contribution in [0.15, 0.2) is 0 Å². The molecule has 0 aliphatic heterocycles. The average Bonchev–Trinajstić information content (AvgIpc) is 2.19. The summed E-state index contributed by atoms with van der Waals surface area (Å²) in [6.45, 7) is 4.18. The van der Waals surface area contributed by atoms with Gasteiger partial charge in [0.05, 0.1) is 13.0 Å². The highest BCUT2D eigenvalue weighted by Gasteiger charge is 2.38. The summed E-state index contributed by atoms with van der Waals surface area (Å²) >= 11 is 0. The Hall–Kier alpha value is -1.60. The van der Waals surface area contributed by atoms with Gasteiger partial charge in [-0.25, -0.2) is 0 Å². The fourth-order valence-electron chi connectivity index (χ4n) is 1.00. The minimum atomic E-state index is -5.02. The topological polar surface area (TPSA) is 72.5 Å². The van der Waals surface area contributed by atoms with Gasteiger partial charge < -0.3 is 10.1 Å². The number of amides is 1. The first kappa shape index (κ1) is 17.4. The molecule has 0 atom stereocenters. The molecule has 110 valence electrons. The first-order valence-corrected chi connectivity index (χ1v) is 5.50. The first-order valence-electron chi connectivity index (χ1n) is 5.50. The van der Waals surface area contributed by atoms with Gasteiger partial charge in [-0.1, -0.05) is 0 Å². The third-order valence-corrected chi connectivity index (χ3v) is 1.73. The van der Waals surface area contributed by atoms with E-state index >= 15 is 0 Å². The van der Waals surface area contributed by atoms with E-state index in [0.717, 1.165) is 0 Å². The van der Waals surface area contributed by atoms with E-state index in [1.54, 1.807) is 20.8 Å². The normalized spacial score (nSPS) is 11.9. The standard InChI is InChI=1S/C11H16F3NO4/c1-10(2,3)19-8(17)5-4-7(16)6-15-9(18)11(12,13)14/h4-6H2,1-3H3,(H,15,18). The predicted molar refractivity (Wildman–Crippen MR) is 59.2 cm³/mol. The van der Waals surface area contributed by atoms with Gasteiger partial charge in [-0.15, -0.1) is 0 Å². The van der Waals surface area contributed by atoms with Crippen LogP contribution in [0.3, 0.4) is 0 Å². The van der Waals surface area contributed by atoms with Crippen LogP contribution in [0.25, 0.3) is 0 Å². The molecular weight excluding hydrogens is 267 g/mol. The summed E-state index contributed by atoms with van der Waals surface area (Å²) in [6.07, 6.45) is -5.55. The number of carbonyl (C=O) groups is 3. The summed E-state index contributed by atoms with van der Waals surface area (Å²) < 4.78 is 40.3. The molecule has 8 heteroatoms. The number of esters is 1. The van der Waals surface area contributed by atoms with E-state index in [9.17, 15) is 27.6 Å². The van der Waals surface area contributed by atoms with E-state index in [2.05, 4.69) is 0 Å². The van der Waals surface area contributed by atoms with Crippen molar-refractivity contribution in [1.82, 2.24) is 5.32 Å². The Morgan fingerprint density at radius 2 is 1.58 bits per heavy atom. The van der Waals surface area contributed by atoms with Crippen molar-refractivity contribution in [2.24, 2.45) is 0 Å². The van der Waals surface area contributed by atoms with Crippen molar-refractivity contribution in [3.63, 3.8) is 0 Å². The van der Waals surface area contributed by atoms with E-state index in [-0.39, 0.29) is 12.8 Å². The largest absolute Gasteiger partial charge is 0.471 e. The van der Waals surface area contributed by atoms with Crippen LogP contribution in [0.1, 0.15) is 33.6 Å². The lowest BCUT2D eigenvalue weighted by molar-refractivity contribution is -0.173. The second-order valence-electron chi connectivity index (χ2n) is 4.81. The number of Topliss-reactive ketones (excluding diaryl/α,β-unsaturated/α-hetero) is 1. The second kappa shape index (κ2) is 6.53. The number of hydrogen-bond donors (Lipinski definition) is 1. The van der Waals surface area contributed by atoms with Gasteiger partial charge in [0.2, 0.25) is 0 Å². The van der Waals surface area contributed by atoms with Crippen molar-refractivity contribution in [1.29, 1.82) is 0 Å². The zero-order valence-electron chi connectivity index (χ0n) is 10.9. The number of halogens is 3. The van der Waals surface area contributed by atoms with Crippen LogP contribution in [0, 0.1) is 0 Å². The van der Waals surface area contributed by atoms with Crippen LogP contribution in [-0.4, -0.2) is 36.0 Å². The molecule has 19 heavy (non-hydrogen) atoms. The van der Waals surface area contributed by atoms with Crippen molar-refractivity contribution in [2.45, 2.75) is 45.4 Å². The number of rotatable bonds is 5. The summed E-state index contributed by atoms with van der Waals surface area (Å²) in [5, 5.41) is 1.43. The highest BCUT2D eigenvalue weighted by atomic mass is 19.4. The van der Waals surface area contributed by atoms with E-state index in [4.69, 9.17) is 4.74 Å². The Morgan fingerprint density at radius 1 is 1.05 bits per heavy atom. The molecule has 0 aromatic rings. The number of carbonyl (C=O) groups excluding carboxylic acids is 3. The molecule has 0 unspecified atom stereocenters. The van der Waals surface area contributed by atoms with Crippen molar-refractivity contribution in [3.05, 3.63) is 0 Å². The van der Waals surface area contributed by atoms with Crippen LogP contribution in [-0.2, 0) is 19.1 Å². The maximum Gasteiger partial charge on any atom is 0.471 e. The minimum absolute atomic E-state index is 0.238. The first-order chi connectivity index (χ1) is 8.42. The maximum atomic E-state index is 11.8. The van der Waals surface area contributed by atoms with E-state index in [0.29, 0.717) is 0 Å². The third-order valence-electron chi connectivity index (χ3n) is 1.73. The molecule has 0 saturated carbocycles. The molecule has 0 radical (unpaired) electrons. The summed E-state index contributed by atoms with van der Waals surface area (Å²) in [5.74, 6) is -3.48. The molecule has 0 aliphatic carbocycles. The Labute approximate surface area is 108 Å². The molecule has 0 aromatic heterocycles. The number of hydrogen-bond acceptors (Lipinski definition) is 4. The van der Waals surface area contributed by atoms with Crippen molar-refractivity contribution in [2.75, 3.05) is 6.54 Å². The quantitative estimate of drug-likeness (QED) is 0.773. The lowest BCUT2D eigenvalue weighted by atomic mass is 10.2. The lowest BCUT2D eigenvalue weighted by Gasteiger charge is -2.19. The molecule has 1 N–H and O–H groups in total. The van der Waals surface area contributed by atoms with E-state index in [1.165, 1.54) is 5.32 Å². The monoisotopic (exact) mass is 283 g/mol. The molecule has 0 heterocycles. The molecule has 1 amide bonds. The highest BCUT2D eigenvalue weighted by molar-refractivity contribution is 5.89. The summed E-state index contributed by atoms with van der Waals surface area (Å²) in [7, 11) is 0. The van der Waals surface area contributed by atoms with Gasteiger partial charge >= 0.3 is 18.1 Å². The smallest absolute Gasteiger partial charge is 0.460 e. The van der Waals surface area contributed by atoms with E-state index < -0.39 is 36.0 Å². The van der Waals surface area contributed by atoms with Crippen LogP contribution >= 0.6 is 0 Å². The number of ketones is 1. The zero-order valence-corrected chi connectivity index (χ0v) is 10.9. The van der Waals surface area contributed by atoms with Crippen LogP contribution in [0.5, 0.6) is 0 Å². The second-order valence-corrected chi connectivity index (χ2v) is 4.81. The molecule has 0 spiro atoms. The van der Waals surface area contributed by atoms with Gasteiger partial charge in [-0.2, -0.15) is 13.2 Å². The molecule has 0 rings (SSSR count). The SMILES string of the molecule is CC(C)(C)OC(=O)CCC(=O)CNC(=O)C(F)(F)F. The fourth-order valence-corrected chi connectivity index (χ4v) is 1.00. The van der Waals surface area contributed by atoms with Crippen molar-refractivity contribution < 1.29 is 32.3 Å². The lowest BCUT2D eigenvalue weighted by Crippen LogP contribution is -2.39. The van der Waals surface area contributed by atoms with Crippen LogP contribution in [0.2, 0.25) is 0 Å². The van der Waals surface area contributed by atoms with Gasteiger partial charge in [-0.3, -0.25) is 14.4 Å². The number of alkyl halides is 3. The Bertz CT molecular complexity index is 358. The third kappa shape index (κ3) is 9.04.